The number of fused-ring (bicyclic) bond motifs is 1. The summed E-state index contributed by atoms with van der Waals surface area (Å²) in [5.74, 6) is -0.757. The molecular formula is C20H28FN3O4. The fourth-order valence-electron chi connectivity index (χ4n) is 4.02. The van der Waals surface area contributed by atoms with E-state index in [0.717, 1.165) is 18.4 Å². The Labute approximate surface area is 164 Å². The molecule has 0 bridgehead atoms. The summed E-state index contributed by atoms with van der Waals surface area (Å²) < 4.78 is 19.4. The number of rotatable bonds is 6. The summed E-state index contributed by atoms with van der Waals surface area (Å²) in [5.41, 5.74) is 0.250. The molecule has 1 fully saturated rings. The average Bonchev–Trinajstić information content (AvgIpc) is 2.54. The normalized spacial score (nSPS) is 25.2. The lowest BCUT2D eigenvalue weighted by molar-refractivity contribution is -0.139. The lowest BCUT2D eigenvalue weighted by Crippen LogP contribution is -2.56. The molecule has 0 radical (unpaired) electrons. The summed E-state index contributed by atoms with van der Waals surface area (Å²) in [6, 6.07) is 4.02. The molecule has 1 unspecified atom stereocenters. The van der Waals surface area contributed by atoms with Gasteiger partial charge in [-0.1, -0.05) is 13.0 Å². The fourth-order valence-corrected chi connectivity index (χ4v) is 4.02. The average molecular weight is 393 g/mol. The van der Waals surface area contributed by atoms with Crippen LogP contribution in [0.4, 0.5) is 9.18 Å². The summed E-state index contributed by atoms with van der Waals surface area (Å²) >= 11 is 0. The Morgan fingerprint density at radius 2 is 2.04 bits per heavy atom. The summed E-state index contributed by atoms with van der Waals surface area (Å²) in [5, 5.41) is 14.9. The maximum absolute atomic E-state index is 13.6. The van der Waals surface area contributed by atoms with Crippen molar-refractivity contribution in [3.63, 3.8) is 0 Å². The Bertz CT molecular complexity index is 749. The molecule has 3 rings (SSSR count). The van der Waals surface area contributed by atoms with Crippen molar-refractivity contribution in [2.75, 3.05) is 13.1 Å². The first-order valence-corrected chi connectivity index (χ1v) is 9.68. The molecule has 0 saturated heterocycles. The lowest BCUT2D eigenvalue weighted by Gasteiger charge is -2.42. The van der Waals surface area contributed by atoms with Crippen molar-refractivity contribution in [2.45, 2.75) is 63.8 Å². The highest BCUT2D eigenvalue weighted by Gasteiger charge is 2.37. The molecule has 28 heavy (non-hydrogen) atoms. The number of halogens is 1. The van der Waals surface area contributed by atoms with E-state index in [1.165, 1.54) is 12.1 Å². The zero-order chi connectivity index (χ0) is 20.5. The maximum atomic E-state index is 13.6. The molecular weight excluding hydrogens is 365 g/mol. The van der Waals surface area contributed by atoms with Crippen LogP contribution in [-0.2, 0) is 4.79 Å². The molecule has 2 aliphatic rings. The molecule has 0 aromatic heterocycles. The Kier molecular flexibility index (Phi) is 5.79. The quantitative estimate of drug-likeness (QED) is 0.691. The minimum Gasteiger partial charge on any atom is -0.487 e. The van der Waals surface area contributed by atoms with Gasteiger partial charge in [-0.05, 0) is 39.3 Å². The van der Waals surface area contributed by atoms with Crippen molar-refractivity contribution in [2.24, 2.45) is 0 Å². The number of aliphatic carboxylic acids is 1. The molecule has 1 aromatic rings. The number of benzene rings is 1. The maximum Gasteiger partial charge on any atom is 0.317 e. The molecule has 1 aliphatic carbocycles. The number of carboxylic acids is 1. The smallest absolute Gasteiger partial charge is 0.317 e. The number of carbonyl (C=O) groups excluding carboxylic acids is 1. The third-order valence-corrected chi connectivity index (χ3v) is 5.45. The zero-order valence-corrected chi connectivity index (χ0v) is 16.5. The first-order valence-electron chi connectivity index (χ1n) is 9.68. The van der Waals surface area contributed by atoms with Crippen LogP contribution in [0.25, 0.3) is 0 Å². The van der Waals surface area contributed by atoms with Crippen LogP contribution in [0.2, 0.25) is 0 Å². The van der Waals surface area contributed by atoms with Crippen LogP contribution in [0.1, 0.15) is 51.6 Å². The second-order valence-electron chi connectivity index (χ2n) is 8.20. The van der Waals surface area contributed by atoms with Gasteiger partial charge >= 0.3 is 12.0 Å². The predicted molar refractivity (Wildman–Crippen MR) is 102 cm³/mol. The standard InChI is InChI=1S/C20H28FN3O4/c1-4-24(11-18(25)26)14-8-13(9-14)22-19(27)23-16-10-20(2,3)28-17-7-12(21)5-6-15(16)17/h5-7,13-14,16H,4,8-11H2,1-3H3,(H,25,26)(H2,22,23,27). The summed E-state index contributed by atoms with van der Waals surface area (Å²) in [6.45, 7) is 6.44. The van der Waals surface area contributed by atoms with Crippen molar-refractivity contribution >= 4 is 12.0 Å². The lowest BCUT2D eigenvalue weighted by atomic mass is 9.85. The first kappa shape index (κ1) is 20.4. The van der Waals surface area contributed by atoms with Crippen LogP contribution in [0.15, 0.2) is 18.2 Å². The largest absolute Gasteiger partial charge is 0.487 e. The molecule has 1 saturated carbocycles. The van der Waals surface area contributed by atoms with Crippen LogP contribution in [0, 0.1) is 5.82 Å². The third kappa shape index (κ3) is 4.73. The van der Waals surface area contributed by atoms with Crippen molar-refractivity contribution < 1.29 is 23.8 Å². The van der Waals surface area contributed by atoms with E-state index in [-0.39, 0.29) is 36.5 Å². The Hall–Kier alpha value is -2.35. The first-order chi connectivity index (χ1) is 13.2. The van der Waals surface area contributed by atoms with Crippen LogP contribution >= 0.6 is 0 Å². The van der Waals surface area contributed by atoms with Gasteiger partial charge < -0.3 is 20.5 Å². The van der Waals surface area contributed by atoms with Crippen molar-refractivity contribution in [3.8, 4) is 5.75 Å². The van der Waals surface area contributed by atoms with Crippen LogP contribution in [0.3, 0.4) is 0 Å². The number of hydrogen-bond donors (Lipinski definition) is 3. The molecule has 154 valence electrons. The Balaban J connectivity index is 1.55. The third-order valence-electron chi connectivity index (χ3n) is 5.45. The molecule has 3 N–H and O–H groups in total. The number of hydrogen-bond acceptors (Lipinski definition) is 4. The van der Waals surface area contributed by atoms with E-state index in [1.807, 2.05) is 25.7 Å². The second kappa shape index (κ2) is 7.95. The van der Waals surface area contributed by atoms with Gasteiger partial charge in [-0.3, -0.25) is 9.69 Å². The van der Waals surface area contributed by atoms with E-state index < -0.39 is 11.6 Å². The summed E-state index contributed by atoms with van der Waals surface area (Å²) in [4.78, 5) is 25.3. The van der Waals surface area contributed by atoms with Gasteiger partial charge in [0.1, 0.15) is 17.2 Å². The summed E-state index contributed by atoms with van der Waals surface area (Å²) in [7, 11) is 0. The minimum absolute atomic E-state index is 0.0184. The molecule has 2 amide bonds. The SMILES string of the molecule is CCN(CC(=O)O)C1CC(NC(=O)NC2CC(C)(C)Oc3cc(F)ccc32)C1. The highest BCUT2D eigenvalue weighted by Crippen LogP contribution is 2.39. The summed E-state index contributed by atoms with van der Waals surface area (Å²) in [6.07, 6.45) is 2.04. The van der Waals surface area contributed by atoms with Crippen molar-refractivity contribution in [1.82, 2.24) is 15.5 Å². The number of ether oxygens (including phenoxy) is 1. The van der Waals surface area contributed by atoms with Gasteiger partial charge in [0.2, 0.25) is 0 Å². The van der Waals surface area contributed by atoms with Gasteiger partial charge in [-0.15, -0.1) is 0 Å². The number of nitrogens with zero attached hydrogens (tertiary/aromatic N) is 1. The van der Waals surface area contributed by atoms with Gasteiger partial charge in [0.25, 0.3) is 0 Å². The molecule has 1 heterocycles. The predicted octanol–water partition coefficient (Wildman–Crippen LogP) is 2.66. The number of urea groups is 1. The monoisotopic (exact) mass is 393 g/mol. The van der Waals surface area contributed by atoms with Gasteiger partial charge in [-0.25, -0.2) is 9.18 Å². The van der Waals surface area contributed by atoms with Crippen molar-refractivity contribution in [3.05, 3.63) is 29.6 Å². The fraction of sp³-hybridized carbons (Fsp3) is 0.600. The van der Waals surface area contributed by atoms with Crippen molar-refractivity contribution in [1.29, 1.82) is 0 Å². The second-order valence-corrected chi connectivity index (χ2v) is 8.20. The van der Waals surface area contributed by atoms with E-state index in [0.29, 0.717) is 18.7 Å². The topological polar surface area (TPSA) is 90.9 Å². The van der Waals surface area contributed by atoms with Gasteiger partial charge in [-0.2, -0.15) is 0 Å². The van der Waals surface area contributed by atoms with Crippen LogP contribution < -0.4 is 15.4 Å². The highest BCUT2D eigenvalue weighted by atomic mass is 19.1. The van der Waals surface area contributed by atoms with Crippen LogP contribution in [0.5, 0.6) is 5.75 Å². The highest BCUT2D eigenvalue weighted by molar-refractivity contribution is 5.75. The minimum atomic E-state index is -0.840. The molecule has 1 aromatic carbocycles. The van der Waals surface area contributed by atoms with E-state index in [2.05, 4.69) is 10.6 Å². The number of likely N-dealkylation sites (N-methyl/N-ethyl adjacent to an activating group) is 1. The Morgan fingerprint density at radius 3 is 2.68 bits per heavy atom. The van der Waals surface area contributed by atoms with Crippen LogP contribution in [-0.4, -0.2) is 52.8 Å². The van der Waals surface area contributed by atoms with Gasteiger partial charge in [0.15, 0.2) is 0 Å². The number of carboxylic acid groups (broad SMARTS) is 1. The zero-order valence-electron chi connectivity index (χ0n) is 16.5. The van der Waals surface area contributed by atoms with E-state index in [1.54, 1.807) is 6.07 Å². The molecule has 7 nitrogen and oxygen atoms in total. The molecule has 1 aliphatic heterocycles. The van der Waals surface area contributed by atoms with Gasteiger partial charge in [0, 0.05) is 30.1 Å². The number of carbonyl (C=O) groups is 2. The van der Waals surface area contributed by atoms with E-state index in [4.69, 9.17) is 9.84 Å². The Morgan fingerprint density at radius 1 is 1.32 bits per heavy atom. The van der Waals surface area contributed by atoms with E-state index in [9.17, 15) is 14.0 Å². The van der Waals surface area contributed by atoms with E-state index >= 15 is 0 Å². The molecule has 0 spiro atoms. The number of amides is 2. The number of nitrogens with one attached hydrogen (secondary N) is 2. The molecule has 1 atom stereocenters. The van der Waals surface area contributed by atoms with Gasteiger partial charge in [0.05, 0.1) is 12.6 Å². The molecule has 8 heteroatoms.